The molecule has 0 atom stereocenters. The number of fused-ring (bicyclic) bond motifs is 1. The number of ether oxygens (including phenoxy) is 2. The number of carbonyl (C=O) groups is 1. The zero-order valence-corrected chi connectivity index (χ0v) is 20.4. The quantitative estimate of drug-likeness (QED) is 0.194. The van der Waals surface area contributed by atoms with E-state index in [1.54, 1.807) is 30.3 Å². The second kappa shape index (κ2) is 10.5. The maximum atomic E-state index is 12.4. The highest BCUT2D eigenvalue weighted by Crippen LogP contribution is 2.31. The Morgan fingerprint density at radius 1 is 0.944 bits per heavy atom. The summed E-state index contributed by atoms with van der Waals surface area (Å²) < 4.78 is 13.1. The van der Waals surface area contributed by atoms with Crippen LogP contribution in [0.4, 0.5) is 5.82 Å². The first-order valence-electron chi connectivity index (χ1n) is 11.5. The lowest BCUT2D eigenvalue weighted by Gasteiger charge is -2.10. The van der Waals surface area contributed by atoms with Gasteiger partial charge in [0.15, 0.2) is 6.61 Å². The molecule has 5 rings (SSSR count). The molecule has 0 aliphatic heterocycles. The van der Waals surface area contributed by atoms with Crippen molar-refractivity contribution in [1.29, 1.82) is 0 Å². The number of imidazole rings is 1. The summed E-state index contributed by atoms with van der Waals surface area (Å²) in [5, 5.41) is 4.14. The third kappa shape index (κ3) is 5.50. The van der Waals surface area contributed by atoms with Gasteiger partial charge < -0.3 is 14.8 Å². The lowest BCUT2D eigenvalue weighted by molar-refractivity contribution is -0.136. The van der Waals surface area contributed by atoms with Crippen LogP contribution in [0.3, 0.4) is 0 Å². The number of nitrogens with zero attached hydrogens (tertiary/aromatic N) is 2. The summed E-state index contributed by atoms with van der Waals surface area (Å²) in [6, 6.07) is 28.4. The van der Waals surface area contributed by atoms with E-state index < -0.39 is 5.97 Å². The molecule has 0 saturated heterocycles. The largest absolute Gasteiger partial charge is 0.482 e. The van der Waals surface area contributed by atoms with Gasteiger partial charge in [0.2, 0.25) is 0 Å². The van der Waals surface area contributed by atoms with E-state index in [4.69, 9.17) is 26.1 Å². The van der Waals surface area contributed by atoms with Crippen LogP contribution in [0.5, 0.6) is 11.5 Å². The van der Waals surface area contributed by atoms with Crippen LogP contribution in [0, 0.1) is 6.92 Å². The highest BCUT2D eigenvalue weighted by Gasteiger charge is 2.16. The average Bonchev–Trinajstić information content (AvgIpc) is 3.25. The van der Waals surface area contributed by atoms with Gasteiger partial charge in [-0.3, -0.25) is 4.40 Å². The van der Waals surface area contributed by atoms with Crippen LogP contribution in [0.1, 0.15) is 11.1 Å². The van der Waals surface area contributed by atoms with Gasteiger partial charge >= 0.3 is 5.97 Å². The van der Waals surface area contributed by atoms with Gasteiger partial charge in [0.05, 0.1) is 0 Å². The number of aryl methyl sites for hydroxylation is 1. The molecular weight excluding hydrogens is 474 g/mol. The summed E-state index contributed by atoms with van der Waals surface area (Å²) in [4.78, 5) is 17.3. The molecule has 6 nitrogen and oxygen atoms in total. The Balaban J connectivity index is 1.37. The van der Waals surface area contributed by atoms with Crippen LogP contribution in [-0.4, -0.2) is 22.0 Å². The number of nitrogens with one attached hydrogen (secondary N) is 1. The topological polar surface area (TPSA) is 64.9 Å². The molecule has 0 amide bonds. The molecular formula is C29H24ClN3O3. The smallest absolute Gasteiger partial charge is 0.349 e. The van der Waals surface area contributed by atoms with Gasteiger partial charge in [-0.25, -0.2) is 9.78 Å². The molecule has 3 aromatic carbocycles. The van der Waals surface area contributed by atoms with Crippen LogP contribution >= 0.6 is 11.6 Å². The summed E-state index contributed by atoms with van der Waals surface area (Å²) in [5.74, 6) is 1.32. The van der Waals surface area contributed by atoms with Gasteiger partial charge in [0, 0.05) is 23.3 Å². The predicted octanol–water partition coefficient (Wildman–Crippen LogP) is 6.56. The van der Waals surface area contributed by atoms with E-state index >= 15 is 0 Å². The monoisotopic (exact) mass is 497 g/mol. The fourth-order valence-corrected chi connectivity index (χ4v) is 3.97. The van der Waals surface area contributed by atoms with Gasteiger partial charge in [0.25, 0.3) is 0 Å². The van der Waals surface area contributed by atoms with E-state index in [2.05, 4.69) is 17.4 Å². The Hall–Kier alpha value is -4.29. The second-order valence-electron chi connectivity index (χ2n) is 8.32. The maximum absolute atomic E-state index is 12.4. The molecule has 0 spiro atoms. The fourth-order valence-electron chi connectivity index (χ4n) is 3.84. The molecule has 2 heterocycles. The number of benzene rings is 3. The predicted molar refractivity (Wildman–Crippen MR) is 142 cm³/mol. The molecule has 1 N–H and O–H groups in total. The zero-order chi connectivity index (χ0) is 24.9. The molecule has 0 aliphatic rings. The molecule has 180 valence electrons. The van der Waals surface area contributed by atoms with Crippen LogP contribution in [0.2, 0.25) is 5.02 Å². The minimum absolute atomic E-state index is 0.219. The van der Waals surface area contributed by atoms with E-state index in [1.807, 2.05) is 66.1 Å². The van der Waals surface area contributed by atoms with Crippen molar-refractivity contribution >= 4 is 29.0 Å². The summed E-state index contributed by atoms with van der Waals surface area (Å²) in [7, 11) is 0. The van der Waals surface area contributed by atoms with Crippen LogP contribution in [-0.2, 0) is 11.3 Å². The molecule has 7 heteroatoms. The van der Waals surface area contributed by atoms with Gasteiger partial charge in [-0.15, -0.1) is 0 Å². The number of hydrogen-bond donors (Lipinski definition) is 1. The van der Waals surface area contributed by atoms with Crippen LogP contribution < -0.4 is 14.8 Å². The van der Waals surface area contributed by atoms with Gasteiger partial charge in [-0.2, -0.15) is 0 Å². The Kier molecular flexibility index (Phi) is 6.87. The lowest BCUT2D eigenvalue weighted by atomic mass is 10.1. The third-order valence-electron chi connectivity index (χ3n) is 5.59. The number of hydrogen-bond acceptors (Lipinski definition) is 5. The fraction of sp³-hybridized carbons (Fsp3) is 0.103. The van der Waals surface area contributed by atoms with Crippen molar-refractivity contribution in [3.05, 3.63) is 113 Å². The minimum atomic E-state index is -0.504. The number of esters is 1. The van der Waals surface area contributed by atoms with E-state index in [0.29, 0.717) is 23.1 Å². The maximum Gasteiger partial charge on any atom is 0.349 e. The van der Waals surface area contributed by atoms with Crippen molar-refractivity contribution < 1.29 is 14.3 Å². The van der Waals surface area contributed by atoms with Crippen molar-refractivity contribution in [2.45, 2.75) is 13.5 Å². The van der Waals surface area contributed by atoms with E-state index in [1.165, 1.54) is 0 Å². The Morgan fingerprint density at radius 2 is 1.75 bits per heavy atom. The zero-order valence-electron chi connectivity index (χ0n) is 19.6. The number of aromatic nitrogens is 2. The summed E-state index contributed by atoms with van der Waals surface area (Å²) in [6.45, 7) is 2.47. The van der Waals surface area contributed by atoms with Gasteiger partial charge in [-0.05, 0) is 66.6 Å². The number of carbonyl (C=O) groups excluding carboxylic acids is 1. The normalized spacial score (nSPS) is 10.8. The molecule has 2 aromatic heterocycles. The van der Waals surface area contributed by atoms with Crippen LogP contribution in [0.15, 0.2) is 97.2 Å². The van der Waals surface area contributed by atoms with Gasteiger partial charge in [-0.1, -0.05) is 54.1 Å². The number of rotatable bonds is 8. The van der Waals surface area contributed by atoms with E-state index in [-0.39, 0.29) is 6.61 Å². The number of anilines is 1. The van der Waals surface area contributed by atoms with Crippen molar-refractivity contribution in [2.75, 3.05) is 11.9 Å². The van der Waals surface area contributed by atoms with Crippen LogP contribution in [0.25, 0.3) is 16.9 Å². The minimum Gasteiger partial charge on any atom is -0.482 e. The Bertz CT molecular complexity index is 1500. The first kappa shape index (κ1) is 23.5. The first-order valence-corrected chi connectivity index (χ1v) is 11.9. The van der Waals surface area contributed by atoms with Gasteiger partial charge in [0.1, 0.15) is 28.7 Å². The van der Waals surface area contributed by atoms with Crippen molar-refractivity contribution in [3.63, 3.8) is 0 Å². The Labute approximate surface area is 214 Å². The van der Waals surface area contributed by atoms with E-state index in [0.717, 1.165) is 33.8 Å². The second-order valence-corrected chi connectivity index (χ2v) is 8.76. The molecule has 0 unspecified atom stereocenters. The highest BCUT2D eigenvalue weighted by molar-refractivity contribution is 6.30. The molecule has 5 aromatic rings. The lowest BCUT2D eigenvalue weighted by Crippen LogP contribution is -2.17. The summed E-state index contributed by atoms with van der Waals surface area (Å²) >= 11 is 5.88. The average molecular weight is 498 g/mol. The Morgan fingerprint density at radius 3 is 2.56 bits per heavy atom. The van der Waals surface area contributed by atoms with Crippen molar-refractivity contribution in [3.8, 4) is 22.8 Å². The first-order chi connectivity index (χ1) is 17.5. The third-order valence-corrected chi connectivity index (χ3v) is 5.85. The molecule has 0 radical (unpaired) electrons. The van der Waals surface area contributed by atoms with Crippen molar-refractivity contribution in [2.24, 2.45) is 0 Å². The summed E-state index contributed by atoms with van der Waals surface area (Å²) in [5.41, 5.74) is 4.72. The SMILES string of the molecule is Cc1ccn2c(NCc3ccccc3)c(-c3cccc(OC(=O)COc4ccc(Cl)cc4)c3)nc2c1. The van der Waals surface area contributed by atoms with E-state index in [9.17, 15) is 4.79 Å². The standard InChI is InChI=1S/C29H24ClN3O3/c1-20-14-15-33-26(16-20)32-28(29(33)31-18-21-6-3-2-4-7-21)22-8-5-9-25(17-22)36-27(34)19-35-24-12-10-23(30)11-13-24/h2-17,31H,18-19H2,1H3. The molecule has 0 aliphatic carbocycles. The molecule has 36 heavy (non-hydrogen) atoms. The number of halogens is 1. The number of pyridine rings is 1. The molecule has 0 fully saturated rings. The summed E-state index contributed by atoms with van der Waals surface area (Å²) in [6.07, 6.45) is 2.01. The highest BCUT2D eigenvalue weighted by atomic mass is 35.5. The molecule has 0 bridgehead atoms. The molecule has 0 saturated carbocycles. The van der Waals surface area contributed by atoms with Crippen molar-refractivity contribution in [1.82, 2.24) is 9.38 Å².